The molecule has 1 heteroatoms. The summed E-state index contributed by atoms with van der Waals surface area (Å²) >= 11 is 0. The summed E-state index contributed by atoms with van der Waals surface area (Å²) < 4.78 is 0. The molecule has 0 heterocycles. The molecule has 7 atom stereocenters. The van der Waals surface area contributed by atoms with E-state index in [1.165, 1.54) is 50.5 Å². The Labute approximate surface area is 130 Å². The van der Waals surface area contributed by atoms with E-state index >= 15 is 0 Å². The molecule has 0 radical (unpaired) electrons. The molecule has 0 aliphatic heterocycles. The smallest absolute Gasteiger partial charge is 0.0543 e. The molecule has 0 saturated heterocycles. The van der Waals surface area contributed by atoms with Crippen LogP contribution in [0.5, 0.6) is 0 Å². The molecule has 1 nitrogen and oxygen atoms in total. The van der Waals surface area contributed by atoms with Crippen molar-refractivity contribution in [2.24, 2.45) is 34.5 Å². The molecule has 1 N–H and O–H groups in total. The topological polar surface area (TPSA) is 20.2 Å². The summed E-state index contributed by atoms with van der Waals surface area (Å²) in [4.78, 5) is 0. The summed E-state index contributed by atoms with van der Waals surface area (Å²) in [5.74, 6) is 3.57. The van der Waals surface area contributed by atoms with Crippen molar-refractivity contribution in [3.63, 3.8) is 0 Å². The van der Waals surface area contributed by atoms with Crippen LogP contribution in [0, 0.1) is 34.5 Å². The molecule has 0 aromatic carbocycles. The molecule has 4 rings (SSSR count). The van der Waals surface area contributed by atoms with Gasteiger partial charge < -0.3 is 5.11 Å². The fourth-order valence-electron chi connectivity index (χ4n) is 7.20. The Hall–Kier alpha value is -0.300. The van der Waals surface area contributed by atoms with Crippen molar-refractivity contribution >= 4 is 0 Å². The van der Waals surface area contributed by atoms with E-state index in [0.717, 1.165) is 36.5 Å². The van der Waals surface area contributed by atoms with E-state index in [2.05, 4.69) is 20.4 Å². The summed E-state index contributed by atoms with van der Waals surface area (Å²) in [5, 5.41) is 10.1. The van der Waals surface area contributed by atoms with Gasteiger partial charge in [-0.2, -0.15) is 0 Å². The summed E-state index contributed by atoms with van der Waals surface area (Å²) in [6.07, 6.45) is 11.6. The van der Waals surface area contributed by atoms with Crippen molar-refractivity contribution in [1.82, 2.24) is 0 Å². The Morgan fingerprint density at radius 3 is 2.67 bits per heavy atom. The summed E-state index contributed by atoms with van der Waals surface area (Å²) in [7, 11) is 0. The molecule has 0 unspecified atom stereocenters. The molecular weight excluding hydrogens is 256 g/mol. The monoisotopic (exact) mass is 288 g/mol. The first-order valence-electron chi connectivity index (χ1n) is 9.27. The molecule has 4 fully saturated rings. The average Bonchev–Trinajstić information content (AvgIpc) is 2.74. The van der Waals surface area contributed by atoms with Gasteiger partial charge in [-0.1, -0.05) is 26.0 Å². The highest BCUT2D eigenvalue weighted by atomic mass is 16.3. The van der Waals surface area contributed by atoms with Gasteiger partial charge in [0.25, 0.3) is 0 Å². The molecule has 0 spiro atoms. The molecule has 0 aromatic rings. The van der Waals surface area contributed by atoms with Gasteiger partial charge in [0.2, 0.25) is 0 Å². The molecule has 0 bridgehead atoms. The number of allylic oxidation sites excluding steroid dienone is 1. The van der Waals surface area contributed by atoms with Gasteiger partial charge in [-0.3, -0.25) is 0 Å². The molecule has 4 saturated carbocycles. The van der Waals surface area contributed by atoms with Crippen LogP contribution in [0.2, 0.25) is 0 Å². The second-order valence-corrected chi connectivity index (χ2v) is 9.41. The average molecular weight is 288 g/mol. The number of fused-ring (bicyclic) bond motifs is 5. The zero-order valence-corrected chi connectivity index (χ0v) is 13.9. The van der Waals surface area contributed by atoms with Crippen molar-refractivity contribution in [1.29, 1.82) is 0 Å². The van der Waals surface area contributed by atoms with Crippen molar-refractivity contribution < 1.29 is 5.11 Å². The number of rotatable bonds is 0. The van der Waals surface area contributed by atoms with Crippen molar-refractivity contribution in [2.75, 3.05) is 0 Å². The Morgan fingerprint density at radius 1 is 1.05 bits per heavy atom. The van der Waals surface area contributed by atoms with Crippen LogP contribution >= 0.6 is 0 Å². The third-order valence-corrected chi connectivity index (χ3v) is 8.32. The summed E-state index contributed by atoms with van der Waals surface area (Å²) in [6.45, 7) is 9.46. The fourth-order valence-corrected chi connectivity index (χ4v) is 7.20. The van der Waals surface area contributed by atoms with Crippen LogP contribution in [-0.2, 0) is 0 Å². The third kappa shape index (κ3) is 1.99. The molecule has 118 valence electrons. The van der Waals surface area contributed by atoms with E-state index < -0.39 is 0 Å². The Morgan fingerprint density at radius 2 is 1.86 bits per heavy atom. The van der Waals surface area contributed by atoms with Crippen molar-refractivity contribution in [3.8, 4) is 0 Å². The quantitative estimate of drug-likeness (QED) is 0.626. The van der Waals surface area contributed by atoms with E-state index in [4.69, 9.17) is 0 Å². The van der Waals surface area contributed by atoms with Gasteiger partial charge in [0, 0.05) is 0 Å². The van der Waals surface area contributed by atoms with Gasteiger partial charge in [-0.25, -0.2) is 0 Å². The van der Waals surface area contributed by atoms with E-state index in [1.54, 1.807) is 0 Å². The minimum atomic E-state index is -0.0141. The Bertz CT molecular complexity index is 455. The normalized spacial score (nSPS) is 56.5. The second kappa shape index (κ2) is 4.60. The zero-order chi connectivity index (χ0) is 14.8. The van der Waals surface area contributed by atoms with Crippen molar-refractivity contribution in [2.45, 2.75) is 77.7 Å². The highest BCUT2D eigenvalue weighted by molar-refractivity contribution is 5.16. The maximum atomic E-state index is 10.1. The zero-order valence-electron chi connectivity index (χ0n) is 13.9. The SMILES string of the molecule is C=C1C[C@@H]2[C@H]3CC[C@H]4C[C@@H](O)CC[C@@]4(C)[C@@H]3CC[C@@]2(C)C1. The minimum absolute atomic E-state index is 0.0141. The lowest BCUT2D eigenvalue weighted by molar-refractivity contribution is -0.120. The second-order valence-electron chi connectivity index (χ2n) is 9.41. The summed E-state index contributed by atoms with van der Waals surface area (Å²) in [6, 6.07) is 0. The standard InChI is InChI=1S/C20H32O/c1-13-10-18-16-5-4-14-11-15(21)6-9-20(14,3)17(16)7-8-19(18,2)12-13/h14-18,21H,1,4-12H2,2-3H3/t14-,15-,16-,17+,18+,19-,20+/m0/s1. The lowest BCUT2D eigenvalue weighted by atomic mass is 9.45. The fraction of sp³-hybridized carbons (Fsp3) is 0.900. The van der Waals surface area contributed by atoms with Gasteiger partial charge in [0.05, 0.1) is 6.10 Å². The predicted molar refractivity (Wildman–Crippen MR) is 86.9 cm³/mol. The third-order valence-electron chi connectivity index (χ3n) is 8.32. The molecule has 21 heavy (non-hydrogen) atoms. The Balaban J connectivity index is 1.63. The first kappa shape index (κ1) is 14.3. The first-order chi connectivity index (χ1) is 9.92. The molecule has 4 aliphatic rings. The lowest BCUT2D eigenvalue weighted by Gasteiger charge is -2.60. The van der Waals surface area contributed by atoms with Crippen LogP contribution in [0.1, 0.15) is 71.6 Å². The largest absolute Gasteiger partial charge is 0.393 e. The first-order valence-corrected chi connectivity index (χ1v) is 9.27. The van der Waals surface area contributed by atoms with Gasteiger partial charge in [-0.15, -0.1) is 0 Å². The number of hydrogen-bond donors (Lipinski definition) is 1. The maximum Gasteiger partial charge on any atom is 0.0543 e. The van der Waals surface area contributed by atoms with Gasteiger partial charge >= 0.3 is 0 Å². The van der Waals surface area contributed by atoms with Crippen LogP contribution in [0.4, 0.5) is 0 Å². The maximum absolute atomic E-state index is 10.1. The predicted octanol–water partition coefficient (Wildman–Crippen LogP) is 4.95. The van der Waals surface area contributed by atoms with Crippen LogP contribution in [-0.4, -0.2) is 11.2 Å². The number of hydrogen-bond acceptors (Lipinski definition) is 1. The van der Waals surface area contributed by atoms with Crippen LogP contribution in [0.3, 0.4) is 0 Å². The molecular formula is C20H32O. The van der Waals surface area contributed by atoms with Crippen LogP contribution < -0.4 is 0 Å². The van der Waals surface area contributed by atoms with E-state index in [1.807, 2.05) is 0 Å². The lowest BCUT2D eigenvalue weighted by Crippen LogP contribution is -2.53. The molecule has 0 aromatic heterocycles. The van der Waals surface area contributed by atoms with Gasteiger partial charge in [-0.05, 0) is 92.3 Å². The highest BCUT2D eigenvalue weighted by Gasteiger charge is 2.58. The van der Waals surface area contributed by atoms with E-state index in [0.29, 0.717) is 10.8 Å². The van der Waals surface area contributed by atoms with E-state index in [-0.39, 0.29) is 6.10 Å². The van der Waals surface area contributed by atoms with Crippen molar-refractivity contribution in [3.05, 3.63) is 12.2 Å². The van der Waals surface area contributed by atoms with E-state index in [9.17, 15) is 5.11 Å². The van der Waals surface area contributed by atoms with Gasteiger partial charge in [0.1, 0.15) is 0 Å². The summed E-state index contributed by atoms with van der Waals surface area (Å²) in [5.41, 5.74) is 2.61. The van der Waals surface area contributed by atoms with Crippen LogP contribution in [0.15, 0.2) is 12.2 Å². The molecule has 4 aliphatic carbocycles. The number of aliphatic hydroxyl groups is 1. The number of aliphatic hydroxyl groups excluding tert-OH is 1. The Kier molecular flexibility index (Phi) is 3.13. The van der Waals surface area contributed by atoms with Gasteiger partial charge in [0.15, 0.2) is 0 Å². The van der Waals surface area contributed by atoms with Crippen LogP contribution in [0.25, 0.3) is 0 Å². The minimum Gasteiger partial charge on any atom is -0.393 e. The molecule has 0 amide bonds. The highest BCUT2D eigenvalue weighted by Crippen LogP contribution is 2.66.